The first-order chi connectivity index (χ1) is 15.2. The molecule has 154 valence electrons. The number of rotatable bonds is 5. The minimum absolute atomic E-state index is 0.123. The molecule has 0 spiro atoms. The molecular formula is C26H24N4O. The topological polar surface area (TPSA) is 55.9 Å². The van der Waals surface area contributed by atoms with E-state index in [1.807, 2.05) is 54.1 Å². The molecule has 0 saturated heterocycles. The molecular weight excluding hydrogens is 384 g/mol. The highest BCUT2D eigenvalue weighted by Gasteiger charge is 2.32. The van der Waals surface area contributed by atoms with Gasteiger partial charge < -0.3 is 9.67 Å². The quantitative estimate of drug-likeness (QED) is 0.376. The number of fused-ring (bicyclic) bond motifs is 2. The fourth-order valence-corrected chi connectivity index (χ4v) is 4.59. The van der Waals surface area contributed by atoms with Crippen molar-refractivity contribution < 1.29 is 5.11 Å². The lowest BCUT2D eigenvalue weighted by Gasteiger charge is -2.28. The Kier molecular flexibility index (Phi) is 4.79. The number of para-hydroxylation sites is 2. The average Bonchev–Trinajstić information content (AvgIpc) is 3.39. The van der Waals surface area contributed by atoms with Gasteiger partial charge in [-0.05, 0) is 36.3 Å². The zero-order valence-corrected chi connectivity index (χ0v) is 17.6. The number of aliphatic hydroxyl groups is 1. The third-order valence-corrected chi connectivity index (χ3v) is 6.06. The Morgan fingerprint density at radius 3 is 2.35 bits per heavy atom. The largest absolute Gasteiger partial charge is 0.516 e. The molecule has 5 heteroatoms. The Bertz CT molecular complexity index is 1380. The van der Waals surface area contributed by atoms with Gasteiger partial charge in [-0.3, -0.25) is 0 Å². The summed E-state index contributed by atoms with van der Waals surface area (Å²) in [7, 11) is 2.06. The highest BCUT2D eigenvalue weighted by Crippen LogP contribution is 2.43. The predicted molar refractivity (Wildman–Crippen MR) is 124 cm³/mol. The maximum Gasteiger partial charge on any atom is 0.113 e. The number of allylic oxidation sites excluding steroid dienone is 1. The van der Waals surface area contributed by atoms with Crippen LogP contribution in [-0.4, -0.2) is 24.7 Å². The number of aromatic nitrogens is 4. The maximum absolute atomic E-state index is 10.1. The lowest BCUT2D eigenvalue weighted by molar-refractivity contribution is 0.433. The van der Waals surface area contributed by atoms with Crippen molar-refractivity contribution in [2.45, 2.75) is 18.9 Å². The molecule has 0 aliphatic heterocycles. The van der Waals surface area contributed by atoms with Gasteiger partial charge >= 0.3 is 0 Å². The molecule has 2 atom stereocenters. The van der Waals surface area contributed by atoms with Crippen molar-refractivity contribution in [2.24, 2.45) is 7.05 Å². The second-order valence-electron chi connectivity index (χ2n) is 7.94. The molecule has 0 radical (unpaired) electrons. The average molecular weight is 409 g/mol. The summed E-state index contributed by atoms with van der Waals surface area (Å²) in [6.07, 6.45) is 3.39. The molecule has 0 aliphatic carbocycles. The minimum atomic E-state index is -0.190. The number of benzene rings is 3. The molecule has 5 aromatic rings. The van der Waals surface area contributed by atoms with Crippen molar-refractivity contribution in [1.29, 1.82) is 0 Å². The van der Waals surface area contributed by atoms with E-state index in [0.717, 1.165) is 33.3 Å². The van der Waals surface area contributed by atoms with Gasteiger partial charge in [-0.25, -0.2) is 4.68 Å². The van der Waals surface area contributed by atoms with Gasteiger partial charge in [0.05, 0.1) is 17.8 Å². The number of aryl methyl sites for hydroxylation is 1. The summed E-state index contributed by atoms with van der Waals surface area (Å²) < 4.78 is 4.15. The summed E-state index contributed by atoms with van der Waals surface area (Å²) in [5.41, 5.74) is 6.09. The molecule has 2 unspecified atom stereocenters. The van der Waals surface area contributed by atoms with E-state index in [-0.39, 0.29) is 12.0 Å². The molecule has 31 heavy (non-hydrogen) atoms. The highest BCUT2D eigenvalue weighted by atomic mass is 16.2. The van der Waals surface area contributed by atoms with Crippen LogP contribution in [0.15, 0.2) is 96.9 Å². The van der Waals surface area contributed by atoms with E-state index in [2.05, 4.69) is 64.5 Å². The van der Waals surface area contributed by atoms with Crippen LogP contribution in [0.4, 0.5) is 0 Å². The fraction of sp³-hybridized carbons (Fsp3) is 0.154. The van der Waals surface area contributed by atoms with Gasteiger partial charge in [0.1, 0.15) is 5.52 Å². The van der Waals surface area contributed by atoms with E-state index in [1.54, 1.807) is 0 Å². The third kappa shape index (κ3) is 3.19. The Hall–Kier alpha value is -3.86. The molecule has 0 amide bonds. The maximum atomic E-state index is 10.1. The Labute approximate surface area is 180 Å². The lowest BCUT2D eigenvalue weighted by Crippen LogP contribution is -2.22. The third-order valence-electron chi connectivity index (χ3n) is 6.06. The van der Waals surface area contributed by atoms with Crippen molar-refractivity contribution >= 4 is 21.9 Å². The first-order valence-corrected chi connectivity index (χ1v) is 10.4. The van der Waals surface area contributed by atoms with Gasteiger partial charge in [0, 0.05) is 35.6 Å². The lowest BCUT2D eigenvalue weighted by atomic mass is 9.82. The first kappa shape index (κ1) is 19.1. The van der Waals surface area contributed by atoms with Gasteiger partial charge in [0.2, 0.25) is 0 Å². The molecule has 5 rings (SSSR count). The van der Waals surface area contributed by atoms with Crippen LogP contribution in [0.25, 0.3) is 21.9 Å². The smallest absolute Gasteiger partial charge is 0.113 e. The molecule has 2 aromatic heterocycles. The summed E-state index contributed by atoms with van der Waals surface area (Å²) in [6, 6.07) is 26.5. The predicted octanol–water partition coefficient (Wildman–Crippen LogP) is 5.76. The van der Waals surface area contributed by atoms with Crippen LogP contribution in [0.5, 0.6) is 0 Å². The normalized spacial score (nSPS) is 14.2. The molecule has 0 aliphatic rings. The van der Waals surface area contributed by atoms with Crippen LogP contribution in [0.3, 0.4) is 0 Å². The number of nitrogens with zero attached hydrogens (tertiary/aromatic N) is 4. The van der Waals surface area contributed by atoms with Crippen LogP contribution in [0, 0.1) is 0 Å². The van der Waals surface area contributed by atoms with E-state index in [1.165, 1.54) is 11.6 Å². The number of hydrogen-bond donors (Lipinski definition) is 1. The van der Waals surface area contributed by atoms with Gasteiger partial charge in [-0.15, -0.1) is 5.10 Å². The van der Waals surface area contributed by atoms with Crippen molar-refractivity contribution in [1.82, 2.24) is 19.6 Å². The fourth-order valence-electron chi connectivity index (χ4n) is 4.59. The molecule has 0 bridgehead atoms. The van der Waals surface area contributed by atoms with Gasteiger partial charge in [-0.1, -0.05) is 65.9 Å². The van der Waals surface area contributed by atoms with Crippen molar-refractivity contribution in [3.8, 4) is 0 Å². The zero-order chi connectivity index (χ0) is 21.4. The second-order valence-corrected chi connectivity index (χ2v) is 7.94. The van der Waals surface area contributed by atoms with Gasteiger partial charge in [0.25, 0.3) is 0 Å². The van der Waals surface area contributed by atoms with Crippen LogP contribution >= 0.6 is 0 Å². The zero-order valence-electron chi connectivity index (χ0n) is 17.6. The minimum Gasteiger partial charge on any atom is -0.516 e. The summed E-state index contributed by atoms with van der Waals surface area (Å²) in [6.45, 7) is 1.97. The first-order valence-electron chi connectivity index (χ1n) is 10.4. The molecule has 0 saturated carbocycles. The summed E-state index contributed by atoms with van der Waals surface area (Å²) in [5.74, 6) is -0.123. The highest BCUT2D eigenvalue weighted by molar-refractivity contribution is 5.85. The second kappa shape index (κ2) is 7.76. The van der Waals surface area contributed by atoms with E-state index >= 15 is 0 Å². The molecule has 2 heterocycles. The van der Waals surface area contributed by atoms with Crippen LogP contribution in [0.2, 0.25) is 0 Å². The summed E-state index contributed by atoms with van der Waals surface area (Å²) >= 11 is 0. The monoisotopic (exact) mass is 408 g/mol. The Balaban J connectivity index is 1.84. The van der Waals surface area contributed by atoms with Crippen molar-refractivity contribution in [3.05, 3.63) is 108 Å². The van der Waals surface area contributed by atoms with E-state index < -0.39 is 0 Å². The number of aliphatic hydroxyl groups excluding tert-OH is 1. The Morgan fingerprint density at radius 2 is 1.58 bits per heavy atom. The van der Waals surface area contributed by atoms with E-state index in [9.17, 15) is 5.11 Å². The van der Waals surface area contributed by atoms with Gasteiger partial charge in [0.15, 0.2) is 0 Å². The number of hydrogen-bond acceptors (Lipinski definition) is 3. The molecule has 3 aromatic carbocycles. The van der Waals surface area contributed by atoms with E-state index in [4.69, 9.17) is 0 Å². The molecule has 5 nitrogen and oxygen atoms in total. The van der Waals surface area contributed by atoms with Crippen LogP contribution < -0.4 is 0 Å². The van der Waals surface area contributed by atoms with E-state index in [0.29, 0.717) is 0 Å². The SMILES string of the molecule is C/C(=C/O)C(c1ccccc1)C(c1cn(C)c2ccccc12)n1nnc2ccccc21. The van der Waals surface area contributed by atoms with Gasteiger partial charge in [-0.2, -0.15) is 0 Å². The summed E-state index contributed by atoms with van der Waals surface area (Å²) in [4.78, 5) is 0. The molecule has 0 fully saturated rings. The van der Waals surface area contributed by atoms with Crippen LogP contribution in [0.1, 0.15) is 30.0 Å². The molecule has 1 N–H and O–H groups in total. The van der Waals surface area contributed by atoms with Crippen molar-refractivity contribution in [2.75, 3.05) is 0 Å². The van der Waals surface area contributed by atoms with Crippen LogP contribution in [-0.2, 0) is 7.05 Å². The standard InChI is InChI=1S/C26H24N4O/c1-18(17-31)25(19-10-4-3-5-11-19)26(30-24-15-9-7-13-22(24)27-28-30)21-16-29(2)23-14-8-6-12-20(21)23/h3-17,25-26,31H,1-2H3/b18-17-. The Morgan fingerprint density at radius 1 is 0.903 bits per heavy atom. The van der Waals surface area contributed by atoms with Crippen molar-refractivity contribution in [3.63, 3.8) is 0 Å². The summed E-state index contributed by atoms with van der Waals surface area (Å²) in [5, 5.41) is 20.3.